The van der Waals surface area contributed by atoms with Crippen molar-refractivity contribution in [3.05, 3.63) is 24.2 Å². The molecule has 5 heteroatoms. The predicted molar refractivity (Wildman–Crippen MR) is 61.5 cm³/mol. The van der Waals surface area contributed by atoms with E-state index in [1.54, 1.807) is 27.7 Å². The van der Waals surface area contributed by atoms with Gasteiger partial charge in [-0.1, -0.05) is 0 Å². The number of ether oxygens (including phenoxy) is 1. The Balaban J connectivity index is 2.52. The summed E-state index contributed by atoms with van der Waals surface area (Å²) < 4.78 is 9.92. The Kier molecular flexibility index (Phi) is 3.93. The van der Waals surface area contributed by atoms with Gasteiger partial charge in [0.25, 0.3) is 5.91 Å². The minimum absolute atomic E-state index is 0.364. The van der Waals surface area contributed by atoms with Gasteiger partial charge in [0.15, 0.2) is 0 Å². The maximum absolute atomic E-state index is 11.6. The van der Waals surface area contributed by atoms with Gasteiger partial charge >= 0.3 is 5.97 Å². The minimum atomic E-state index is -0.698. The molecule has 1 amide bonds. The van der Waals surface area contributed by atoms with Crippen LogP contribution in [-0.2, 0) is 9.53 Å². The van der Waals surface area contributed by atoms with Crippen molar-refractivity contribution in [2.45, 2.75) is 39.3 Å². The van der Waals surface area contributed by atoms with E-state index in [2.05, 4.69) is 5.32 Å². The summed E-state index contributed by atoms with van der Waals surface area (Å²) in [5, 5.41) is 2.53. The molecule has 0 aliphatic carbocycles. The van der Waals surface area contributed by atoms with Crippen molar-refractivity contribution in [2.24, 2.45) is 0 Å². The van der Waals surface area contributed by atoms with Crippen LogP contribution in [0.4, 0.5) is 0 Å². The van der Waals surface area contributed by atoms with Gasteiger partial charge < -0.3 is 14.5 Å². The van der Waals surface area contributed by atoms with Gasteiger partial charge in [0.1, 0.15) is 17.9 Å². The smallest absolute Gasteiger partial charge is 0.328 e. The molecule has 0 aliphatic heterocycles. The van der Waals surface area contributed by atoms with Gasteiger partial charge in [0.2, 0.25) is 0 Å². The lowest BCUT2D eigenvalue weighted by molar-refractivity contribution is -0.156. The van der Waals surface area contributed by atoms with E-state index in [4.69, 9.17) is 9.15 Å². The van der Waals surface area contributed by atoms with Crippen molar-refractivity contribution in [3.8, 4) is 0 Å². The van der Waals surface area contributed by atoms with Gasteiger partial charge in [-0.3, -0.25) is 4.79 Å². The molecule has 0 bridgehead atoms. The van der Waals surface area contributed by atoms with Gasteiger partial charge in [0, 0.05) is 0 Å². The van der Waals surface area contributed by atoms with Crippen LogP contribution in [0, 0.1) is 0 Å². The lowest BCUT2D eigenvalue weighted by Crippen LogP contribution is -2.42. The standard InChI is InChI=1S/C12H17NO4/c1-8(11(15)17-12(2,3)4)13-10(14)9-5-6-16-7-9/h5-8H,1-4H3,(H,13,14)/t8-/m1/s1. The first-order chi connectivity index (χ1) is 7.79. The second kappa shape index (κ2) is 5.03. The average Bonchev–Trinajstić information content (AvgIpc) is 2.67. The van der Waals surface area contributed by atoms with E-state index in [-0.39, 0.29) is 5.91 Å². The zero-order valence-electron chi connectivity index (χ0n) is 10.4. The molecular formula is C12H17NO4. The normalized spacial score (nSPS) is 12.9. The highest BCUT2D eigenvalue weighted by Crippen LogP contribution is 2.08. The number of hydrogen-bond acceptors (Lipinski definition) is 4. The van der Waals surface area contributed by atoms with E-state index in [1.807, 2.05) is 0 Å². The van der Waals surface area contributed by atoms with Crippen LogP contribution in [0.3, 0.4) is 0 Å². The number of carbonyl (C=O) groups is 2. The summed E-state index contributed by atoms with van der Waals surface area (Å²) in [6.07, 6.45) is 2.71. The van der Waals surface area contributed by atoms with Crippen molar-refractivity contribution in [1.82, 2.24) is 5.32 Å². The van der Waals surface area contributed by atoms with Crippen molar-refractivity contribution in [3.63, 3.8) is 0 Å². The lowest BCUT2D eigenvalue weighted by Gasteiger charge is -2.22. The second-order valence-electron chi connectivity index (χ2n) is 4.74. The van der Waals surface area contributed by atoms with Crippen LogP contribution in [0.15, 0.2) is 23.0 Å². The van der Waals surface area contributed by atoms with Crippen molar-refractivity contribution >= 4 is 11.9 Å². The zero-order chi connectivity index (χ0) is 13.1. The zero-order valence-corrected chi connectivity index (χ0v) is 10.4. The molecule has 0 saturated carbocycles. The molecule has 0 fully saturated rings. The molecule has 1 atom stereocenters. The lowest BCUT2D eigenvalue weighted by atomic mass is 10.2. The SMILES string of the molecule is C[C@@H](NC(=O)c1ccoc1)C(=O)OC(C)(C)C. The van der Waals surface area contributed by atoms with Crippen LogP contribution in [0.2, 0.25) is 0 Å². The van der Waals surface area contributed by atoms with E-state index in [0.29, 0.717) is 5.56 Å². The molecule has 1 aromatic rings. The van der Waals surface area contributed by atoms with Gasteiger partial charge in [0.05, 0.1) is 11.8 Å². The van der Waals surface area contributed by atoms with Crippen molar-refractivity contribution < 1.29 is 18.7 Å². The van der Waals surface area contributed by atoms with Gasteiger partial charge in [-0.05, 0) is 33.8 Å². The maximum Gasteiger partial charge on any atom is 0.328 e. The first-order valence-corrected chi connectivity index (χ1v) is 5.35. The highest BCUT2D eigenvalue weighted by Gasteiger charge is 2.23. The third-order valence-corrected chi connectivity index (χ3v) is 1.89. The van der Waals surface area contributed by atoms with Crippen LogP contribution < -0.4 is 5.32 Å². The Morgan fingerprint density at radius 3 is 2.53 bits per heavy atom. The number of amides is 1. The van der Waals surface area contributed by atoms with Crippen molar-refractivity contribution in [1.29, 1.82) is 0 Å². The third-order valence-electron chi connectivity index (χ3n) is 1.89. The minimum Gasteiger partial charge on any atom is -0.472 e. The number of carbonyl (C=O) groups excluding carboxylic acids is 2. The Hall–Kier alpha value is -1.78. The molecule has 0 saturated heterocycles. The molecule has 0 aliphatic rings. The molecule has 1 N–H and O–H groups in total. The Bertz CT molecular complexity index is 389. The van der Waals surface area contributed by atoms with Gasteiger partial charge in [-0.2, -0.15) is 0 Å². The number of furan rings is 1. The third kappa shape index (κ3) is 4.30. The van der Waals surface area contributed by atoms with Crippen LogP contribution in [0.5, 0.6) is 0 Å². The topological polar surface area (TPSA) is 68.5 Å². The number of hydrogen-bond donors (Lipinski definition) is 1. The molecule has 0 aromatic carbocycles. The molecule has 5 nitrogen and oxygen atoms in total. The van der Waals surface area contributed by atoms with Crippen LogP contribution in [0.1, 0.15) is 38.1 Å². The van der Waals surface area contributed by atoms with E-state index in [1.165, 1.54) is 18.6 Å². The van der Waals surface area contributed by atoms with Gasteiger partial charge in [-0.15, -0.1) is 0 Å². The summed E-state index contributed by atoms with van der Waals surface area (Å²) in [4.78, 5) is 23.2. The van der Waals surface area contributed by atoms with Crippen LogP contribution >= 0.6 is 0 Å². The fourth-order valence-electron chi connectivity index (χ4n) is 1.12. The monoisotopic (exact) mass is 239 g/mol. The summed E-state index contributed by atoms with van der Waals surface area (Å²) in [5.74, 6) is -0.827. The highest BCUT2D eigenvalue weighted by atomic mass is 16.6. The molecule has 0 unspecified atom stereocenters. The quantitative estimate of drug-likeness (QED) is 0.816. The number of esters is 1. The predicted octanol–water partition coefficient (Wildman–Crippen LogP) is 1.74. The highest BCUT2D eigenvalue weighted by molar-refractivity contribution is 5.96. The Morgan fingerprint density at radius 2 is 2.06 bits per heavy atom. The molecule has 0 radical (unpaired) electrons. The largest absolute Gasteiger partial charge is 0.472 e. The van der Waals surface area contributed by atoms with E-state index < -0.39 is 17.6 Å². The number of rotatable bonds is 3. The van der Waals surface area contributed by atoms with Crippen molar-refractivity contribution in [2.75, 3.05) is 0 Å². The fraction of sp³-hybridized carbons (Fsp3) is 0.500. The van der Waals surface area contributed by atoms with Crippen LogP contribution in [-0.4, -0.2) is 23.5 Å². The van der Waals surface area contributed by atoms with E-state index in [9.17, 15) is 9.59 Å². The summed E-state index contributed by atoms with van der Waals surface area (Å²) in [6, 6.07) is 0.827. The molecule has 17 heavy (non-hydrogen) atoms. The Labute approximate surface area is 100 Å². The first kappa shape index (κ1) is 13.3. The molecular weight excluding hydrogens is 222 g/mol. The summed E-state index contributed by atoms with van der Waals surface area (Å²) >= 11 is 0. The summed E-state index contributed by atoms with van der Waals surface area (Å²) in [6.45, 7) is 6.90. The van der Waals surface area contributed by atoms with Crippen LogP contribution in [0.25, 0.3) is 0 Å². The Morgan fingerprint density at radius 1 is 1.41 bits per heavy atom. The average molecular weight is 239 g/mol. The van der Waals surface area contributed by atoms with E-state index >= 15 is 0 Å². The molecule has 0 spiro atoms. The molecule has 94 valence electrons. The molecule has 1 heterocycles. The van der Waals surface area contributed by atoms with E-state index in [0.717, 1.165) is 0 Å². The first-order valence-electron chi connectivity index (χ1n) is 5.35. The second-order valence-corrected chi connectivity index (χ2v) is 4.74. The molecule has 1 rings (SSSR count). The van der Waals surface area contributed by atoms with Gasteiger partial charge in [-0.25, -0.2) is 4.79 Å². The summed E-state index contributed by atoms with van der Waals surface area (Å²) in [7, 11) is 0. The maximum atomic E-state index is 11.6. The number of nitrogens with one attached hydrogen (secondary N) is 1. The molecule has 1 aromatic heterocycles. The summed E-state index contributed by atoms with van der Waals surface area (Å²) in [5.41, 5.74) is -0.188. The fourth-order valence-corrected chi connectivity index (χ4v) is 1.12.